The van der Waals surface area contributed by atoms with E-state index in [9.17, 15) is 8.42 Å². The Morgan fingerprint density at radius 1 is 1.40 bits per heavy atom. The average molecular weight is 382 g/mol. The number of hydrogen-bond donors (Lipinski definition) is 0. The highest BCUT2D eigenvalue weighted by Crippen LogP contribution is 2.34. The predicted molar refractivity (Wildman–Crippen MR) is 75.3 cm³/mol. The Labute approximate surface area is 128 Å². The molecule has 20 heavy (non-hydrogen) atoms. The first-order chi connectivity index (χ1) is 9.27. The Balaban J connectivity index is 2.35. The largest absolute Gasteiger partial charge is 0.482 e. The topological polar surface area (TPSA) is 82.3 Å². The summed E-state index contributed by atoms with van der Waals surface area (Å²) in [5.74, 6) is 0.892. The van der Waals surface area contributed by atoms with Crippen molar-refractivity contribution in [2.24, 2.45) is 0 Å². The number of ether oxygens (including phenoxy) is 1. The van der Waals surface area contributed by atoms with Crippen LogP contribution < -0.4 is 4.74 Å². The second-order valence-corrected chi connectivity index (χ2v) is 7.46. The van der Waals surface area contributed by atoms with Crippen LogP contribution in [0, 0.1) is 13.8 Å². The minimum atomic E-state index is -3.93. The van der Waals surface area contributed by atoms with Gasteiger partial charge >= 0.3 is 0 Å². The van der Waals surface area contributed by atoms with Crippen molar-refractivity contribution >= 4 is 35.7 Å². The fraction of sp³-hybridized carbons (Fsp3) is 0.273. The minimum absolute atomic E-state index is 0.0390. The fourth-order valence-electron chi connectivity index (χ4n) is 1.60. The lowest BCUT2D eigenvalue weighted by Crippen LogP contribution is -2.03. The molecular formula is C11H10BrClN2O4S. The van der Waals surface area contributed by atoms with E-state index in [-0.39, 0.29) is 23.1 Å². The molecule has 0 aliphatic heterocycles. The molecule has 0 aliphatic carbocycles. The van der Waals surface area contributed by atoms with Gasteiger partial charge in [-0.1, -0.05) is 21.1 Å². The zero-order valence-corrected chi connectivity index (χ0v) is 13.7. The predicted octanol–water partition coefficient (Wildman–Crippen LogP) is 2.96. The summed E-state index contributed by atoms with van der Waals surface area (Å²) in [5.41, 5.74) is 0.620. The maximum atomic E-state index is 11.6. The van der Waals surface area contributed by atoms with Gasteiger partial charge in [-0.25, -0.2) is 8.42 Å². The number of hydrogen-bond acceptors (Lipinski definition) is 6. The van der Waals surface area contributed by atoms with E-state index in [4.69, 9.17) is 19.9 Å². The second-order valence-electron chi connectivity index (χ2n) is 4.01. The standard InChI is InChI=1S/C11H10BrClN2O4S/c1-6-3-8(12)4-9(20(13,16)17)11(6)18-5-10-14-7(2)15-19-10/h3-4H,5H2,1-2H3. The molecule has 0 fully saturated rings. The highest BCUT2D eigenvalue weighted by Gasteiger charge is 2.20. The van der Waals surface area contributed by atoms with E-state index in [1.165, 1.54) is 6.07 Å². The molecule has 1 aromatic heterocycles. The third-order valence-electron chi connectivity index (χ3n) is 2.38. The van der Waals surface area contributed by atoms with Crippen LogP contribution >= 0.6 is 26.6 Å². The maximum Gasteiger partial charge on any atom is 0.265 e. The van der Waals surface area contributed by atoms with Crippen molar-refractivity contribution in [3.05, 3.63) is 33.9 Å². The lowest BCUT2D eigenvalue weighted by atomic mass is 10.2. The molecule has 2 rings (SSSR count). The molecule has 0 atom stereocenters. The SMILES string of the molecule is Cc1noc(COc2c(C)cc(Br)cc2S(=O)(=O)Cl)n1. The highest BCUT2D eigenvalue weighted by molar-refractivity contribution is 9.10. The van der Waals surface area contributed by atoms with Crippen LogP contribution in [0.2, 0.25) is 0 Å². The van der Waals surface area contributed by atoms with E-state index in [1.807, 2.05) is 0 Å². The first kappa shape index (κ1) is 15.3. The van der Waals surface area contributed by atoms with Gasteiger partial charge in [-0.05, 0) is 31.5 Å². The molecule has 2 aromatic rings. The summed E-state index contributed by atoms with van der Waals surface area (Å²) in [4.78, 5) is 3.86. The lowest BCUT2D eigenvalue weighted by molar-refractivity contribution is 0.236. The van der Waals surface area contributed by atoms with Crippen LogP contribution in [0.3, 0.4) is 0 Å². The van der Waals surface area contributed by atoms with Crippen molar-refractivity contribution in [3.8, 4) is 5.75 Å². The number of benzene rings is 1. The Bertz CT molecular complexity index is 745. The molecule has 6 nitrogen and oxygen atoms in total. The van der Waals surface area contributed by atoms with Crippen molar-refractivity contribution in [3.63, 3.8) is 0 Å². The summed E-state index contributed by atoms with van der Waals surface area (Å²) in [7, 11) is 1.49. The highest BCUT2D eigenvalue weighted by atomic mass is 79.9. The summed E-state index contributed by atoms with van der Waals surface area (Å²) in [6.07, 6.45) is 0. The second kappa shape index (κ2) is 5.71. The van der Waals surface area contributed by atoms with Crippen LogP contribution in [0.5, 0.6) is 5.75 Å². The Kier molecular flexibility index (Phi) is 4.36. The van der Waals surface area contributed by atoms with Crippen LogP contribution in [0.15, 0.2) is 26.0 Å². The van der Waals surface area contributed by atoms with Crippen LogP contribution in [-0.4, -0.2) is 18.6 Å². The molecule has 0 unspecified atom stereocenters. The van der Waals surface area contributed by atoms with Gasteiger partial charge < -0.3 is 9.26 Å². The summed E-state index contributed by atoms with van der Waals surface area (Å²) < 4.78 is 34.1. The summed E-state index contributed by atoms with van der Waals surface area (Å²) in [6.45, 7) is 3.35. The molecule has 108 valence electrons. The van der Waals surface area contributed by atoms with Gasteiger partial charge in [0.25, 0.3) is 14.9 Å². The van der Waals surface area contributed by atoms with E-state index < -0.39 is 9.05 Å². The number of aryl methyl sites for hydroxylation is 2. The number of rotatable bonds is 4. The number of halogens is 2. The van der Waals surface area contributed by atoms with Crippen molar-refractivity contribution in [2.75, 3.05) is 0 Å². The Morgan fingerprint density at radius 3 is 2.65 bits per heavy atom. The van der Waals surface area contributed by atoms with Crippen LogP contribution in [0.4, 0.5) is 0 Å². The molecule has 0 saturated carbocycles. The molecule has 9 heteroatoms. The van der Waals surface area contributed by atoms with Crippen molar-refractivity contribution in [1.29, 1.82) is 0 Å². The van der Waals surface area contributed by atoms with Gasteiger partial charge in [0, 0.05) is 15.2 Å². The zero-order valence-electron chi connectivity index (χ0n) is 10.6. The average Bonchev–Trinajstić information content (AvgIpc) is 2.72. The van der Waals surface area contributed by atoms with Gasteiger partial charge in [0.1, 0.15) is 10.6 Å². The van der Waals surface area contributed by atoms with E-state index in [1.54, 1.807) is 19.9 Å². The lowest BCUT2D eigenvalue weighted by Gasteiger charge is -2.11. The maximum absolute atomic E-state index is 11.6. The molecule has 0 bridgehead atoms. The normalized spacial score (nSPS) is 11.6. The third kappa shape index (κ3) is 3.50. The van der Waals surface area contributed by atoms with E-state index in [0.717, 1.165) is 0 Å². The molecule has 0 radical (unpaired) electrons. The molecule has 0 saturated heterocycles. The van der Waals surface area contributed by atoms with Crippen LogP contribution in [0.25, 0.3) is 0 Å². The summed E-state index contributed by atoms with van der Waals surface area (Å²) >= 11 is 3.22. The molecule has 0 amide bonds. The van der Waals surface area contributed by atoms with Gasteiger partial charge in [-0.2, -0.15) is 4.98 Å². The number of nitrogens with zero attached hydrogens (tertiary/aromatic N) is 2. The van der Waals surface area contributed by atoms with Gasteiger partial charge in [0.15, 0.2) is 12.4 Å². The molecule has 0 N–H and O–H groups in total. The van der Waals surface area contributed by atoms with Crippen molar-refractivity contribution < 1.29 is 17.7 Å². The Morgan fingerprint density at radius 2 is 2.10 bits per heavy atom. The van der Waals surface area contributed by atoms with E-state index >= 15 is 0 Å². The zero-order chi connectivity index (χ0) is 14.9. The van der Waals surface area contributed by atoms with Gasteiger partial charge in [0.2, 0.25) is 0 Å². The quantitative estimate of drug-likeness (QED) is 0.757. The molecule has 0 spiro atoms. The number of aromatic nitrogens is 2. The monoisotopic (exact) mass is 380 g/mol. The minimum Gasteiger partial charge on any atom is -0.482 e. The van der Waals surface area contributed by atoms with Crippen molar-refractivity contribution in [1.82, 2.24) is 10.1 Å². The van der Waals surface area contributed by atoms with Crippen LogP contribution in [-0.2, 0) is 15.7 Å². The molecule has 0 aliphatic rings. The van der Waals surface area contributed by atoms with E-state index in [2.05, 4.69) is 26.1 Å². The van der Waals surface area contributed by atoms with Gasteiger partial charge in [-0.3, -0.25) is 0 Å². The van der Waals surface area contributed by atoms with Crippen LogP contribution in [0.1, 0.15) is 17.3 Å². The first-order valence-electron chi connectivity index (χ1n) is 5.44. The first-order valence-corrected chi connectivity index (χ1v) is 8.54. The fourth-order valence-corrected chi connectivity index (χ4v) is 3.37. The summed E-state index contributed by atoms with van der Waals surface area (Å²) in [5, 5.41) is 3.62. The smallest absolute Gasteiger partial charge is 0.265 e. The molecule has 1 aromatic carbocycles. The molecular weight excluding hydrogens is 372 g/mol. The Hall–Kier alpha value is -1.12. The van der Waals surface area contributed by atoms with Gasteiger partial charge in [0.05, 0.1) is 0 Å². The van der Waals surface area contributed by atoms with Crippen molar-refractivity contribution in [2.45, 2.75) is 25.3 Å². The third-order valence-corrected chi connectivity index (χ3v) is 4.16. The van der Waals surface area contributed by atoms with Gasteiger partial charge in [-0.15, -0.1) is 0 Å². The molecule has 1 heterocycles. The van der Waals surface area contributed by atoms with E-state index in [0.29, 0.717) is 15.9 Å². The summed E-state index contributed by atoms with van der Waals surface area (Å²) in [6, 6.07) is 3.10.